The van der Waals surface area contributed by atoms with Gasteiger partial charge in [-0.25, -0.2) is 9.97 Å². The van der Waals surface area contributed by atoms with Crippen molar-refractivity contribution in [2.24, 2.45) is 5.92 Å². The van der Waals surface area contributed by atoms with Crippen molar-refractivity contribution in [1.82, 2.24) is 9.97 Å². The molecule has 1 aromatic carbocycles. The highest BCUT2D eigenvalue weighted by molar-refractivity contribution is 7.14. The van der Waals surface area contributed by atoms with Gasteiger partial charge in [-0.3, -0.25) is 4.79 Å². The number of aromatic nitrogens is 2. The number of nitrogens with one attached hydrogen (secondary N) is 1. The van der Waals surface area contributed by atoms with Crippen molar-refractivity contribution < 1.29 is 14.0 Å². The van der Waals surface area contributed by atoms with Crippen molar-refractivity contribution in [3.63, 3.8) is 0 Å². The standard InChI is InChI=1S/C31H40ClN3O3SSi/c1-19-24(29-25-14-22(32)9-8-21(25)11-12-37-29)15-27(39-19)28(36)26-16-33-18-34-30(26)35-23-10-7-20(13-23)17-38-40(5,6)31(2,3)4/h8-9,14-16,18,20,23,29H,7,10-13,17H2,1-6H3,(H,33,34,35)/t20-,23-,29+/m1/s1. The zero-order chi connectivity index (χ0) is 28.7. The maximum absolute atomic E-state index is 13.8. The molecule has 2 aromatic heterocycles. The van der Waals surface area contributed by atoms with Crippen molar-refractivity contribution in [3.05, 3.63) is 73.8 Å². The fourth-order valence-electron chi connectivity index (χ4n) is 5.38. The highest BCUT2D eigenvalue weighted by atomic mass is 35.5. The van der Waals surface area contributed by atoms with Crippen LogP contribution in [0.3, 0.4) is 0 Å². The molecule has 1 N–H and O–H groups in total. The Morgan fingerprint density at radius 2 is 2.02 bits per heavy atom. The summed E-state index contributed by atoms with van der Waals surface area (Å²) in [5.74, 6) is 1.05. The molecule has 5 rings (SSSR count). The molecule has 0 amide bonds. The summed E-state index contributed by atoms with van der Waals surface area (Å²) in [6.45, 7) is 14.9. The Hall–Kier alpha value is -2.10. The van der Waals surface area contributed by atoms with Crippen molar-refractivity contribution in [3.8, 4) is 0 Å². The number of ketones is 1. The first kappa shape index (κ1) is 29.4. The third-order valence-corrected chi connectivity index (χ3v) is 14.6. The van der Waals surface area contributed by atoms with Crippen LogP contribution in [0.1, 0.15) is 82.9 Å². The van der Waals surface area contributed by atoms with Gasteiger partial charge in [-0.1, -0.05) is 38.4 Å². The van der Waals surface area contributed by atoms with Crippen molar-refractivity contribution in [2.75, 3.05) is 18.5 Å². The second-order valence-corrected chi connectivity index (χ2v) is 19.2. The fourth-order valence-corrected chi connectivity index (χ4v) is 7.64. The predicted molar refractivity (Wildman–Crippen MR) is 165 cm³/mol. The second kappa shape index (κ2) is 11.6. The number of halogens is 1. The summed E-state index contributed by atoms with van der Waals surface area (Å²) in [5, 5.41) is 4.47. The van der Waals surface area contributed by atoms with E-state index >= 15 is 0 Å². The Morgan fingerprint density at radius 1 is 1.23 bits per heavy atom. The number of hydrogen-bond acceptors (Lipinski definition) is 7. The molecule has 1 fully saturated rings. The number of ether oxygens (including phenoxy) is 1. The number of carbonyl (C=O) groups is 1. The van der Waals surface area contributed by atoms with E-state index in [1.807, 2.05) is 25.1 Å². The molecule has 214 valence electrons. The second-order valence-electron chi connectivity index (χ2n) is 12.7. The van der Waals surface area contributed by atoms with E-state index in [0.717, 1.165) is 48.3 Å². The third kappa shape index (κ3) is 6.21. The van der Waals surface area contributed by atoms with Crippen LogP contribution in [0, 0.1) is 12.8 Å². The number of anilines is 1. The molecule has 6 nitrogen and oxygen atoms in total. The molecule has 0 bridgehead atoms. The molecule has 0 spiro atoms. The van der Waals surface area contributed by atoms with Gasteiger partial charge in [-0.15, -0.1) is 11.3 Å². The fraction of sp³-hybridized carbons (Fsp3) is 0.516. The van der Waals surface area contributed by atoms with Gasteiger partial charge in [0.15, 0.2) is 8.32 Å². The zero-order valence-corrected chi connectivity index (χ0v) is 26.9. The summed E-state index contributed by atoms with van der Waals surface area (Å²) in [5.41, 5.74) is 3.84. The minimum Gasteiger partial charge on any atom is -0.417 e. The van der Waals surface area contributed by atoms with Crippen molar-refractivity contribution in [2.45, 2.75) is 83.7 Å². The number of nitrogens with zero attached hydrogens (tertiary/aromatic N) is 2. The lowest BCUT2D eigenvalue weighted by atomic mass is 9.93. The van der Waals surface area contributed by atoms with Crippen LogP contribution in [-0.2, 0) is 15.6 Å². The molecule has 2 aliphatic rings. The Kier molecular flexibility index (Phi) is 8.56. The van der Waals surface area contributed by atoms with Gasteiger partial charge < -0.3 is 14.5 Å². The van der Waals surface area contributed by atoms with Crippen LogP contribution in [0.25, 0.3) is 0 Å². The SMILES string of the molecule is Cc1sc(C(=O)c2cncnc2N[C@@H]2CC[C@@H](CO[Si](C)(C)C(C)(C)C)C2)cc1[C@@H]1OCCc2ccc(Cl)cc21. The van der Waals surface area contributed by atoms with Crippen LogP contribution < -0.4 is 5.32 Å². The molecule has 3 heterocycles. The number of hydrogen-bond donors (Lipinski definition) is 1. The van der Waals surface area contributed by atoms with E-state index in [9.17, 15) is 4.79 Å². The van der Waals surface area contributed by atoms with Gasteiger partial charge in [-0.2, -0.15) is 0 Å². The summed E-state index contributed by atoms with van der Waals surface area (Å²) in [6, 6.07) is 8.22. The van der Waals surface area contributed by atoms with E-state index in [2.05, 4.69) is 55.2 Å². The van der Waals surface area contributed by atoms with Gasteiger partial charge in [0.2, 0.25) is 5.78 Å². The van der Waals surface area contributed by atoms with E-state index in [4.69, 9.17) is 20.8 Å². The summed E-state index contributed by atoms with van der Waals surface area (Å²) in [7, 11) is -1.77. The molecule has 1 aliphatic heterocycles. The van der Waals surface area contributed by atoms with E-state index in [1.54, 1.807) is 6.20 Å². The molecule has 9 heteroatoms. The van der Waals surface area contributed by atoms with Crippen LogP contribution in [0.15, 0.2) is 36.8 Å². The smallest absolute Gasteiger partial charge is 0.208 e. The topological polar surface area (TPSA) is 73.3 Å². The molecular formula is C31H40ClN3O3SSi. The van der Waals surface area contributed by atoms with Gasteiger partial charge in [0.25, 0.3) is 0 Å². The lowest BCUT2D eigenvalue weighted by molar-refractivity contribution is 0.0697. The van der Waals surface area contributed by atoms with Gasteiger partial charge in [0, 0.05) is 28.7 Å². The van der Waals surface area contributed by atoms with E-state index in [-0.39, 0.29) is 23.0 Å². The maximum atomic E-state index is 13.8. The largest absolute Gasteiger partial charge is 0.417 e. The Bertz CT molecular complexity index is 1390. The first-order valence-electron chi connectivity index (χ1n) is 14.2. The first-order chi connectivity index (χ1) is 18.9. The maximum Gasteiger partial charge on any atom is 0.208 e. The summed E-state index contributed by atoms with van der Waals surface area (Å²) in [6.07, 6.45) is 6.93. The van der Waals surface area contributed by atoms with Crippen LogP contribution in [0.2, 0.25) is 23.2 Å². The highest BCUT2D eigenvalue weighted by Crippen LogP contribution is 2.40. The van der Waals surface area contributed by atoms with Crippen LogP contribution in [0.5, 0.6) is 0 Å². The predicted octanol–water partition coefficient (Wildman–Crippen LogP) is 8.00. The summed E-state index contributed by atoms with van der Waals surface area (Å²) >= 11 is 7.82. The number of benzene rings is 1. The highest BCUT2D eigenvalue weighted by Gasteiger charge is 2.38. The van der Waals surface area contributed by atoms with Crippen LogP contribution in [0.4, 0.5) is 5.82 Å². The minimum absolute atomic E-state index is 0.0691. The quantitative estimate of drug-likeness (QED) is 0.209. The van der Waals surface area contributed by atoms with Crippen LogP contribution in [-0.4, -0.2) is 43.3 Å². The molecule has 1 aliphatic carbocycles. The summed E-state index contributed by atoms with van der Waals surface area (Å²) in [4.78, 5) is 24.2. The first-order valence-corrected chi connectivity index (χ1v) is 18.3. The van der Waals surface area contributed by atoms with Crippen LogP contribution >= 0.6 is 22.9 Å². The summed E-state index contributed by atoms with van der Waals surface area (Å²) < 4.78 is 12.7. The molecule has 0 radical (unpaired) electrons. The molecule has 40 heavy (non-hydrogen) atoms. The zero-order valence-electron chi connectivity index (χ0n) is 24.3. The van der Waals surface area contributed by atoms with Gasteiger partial charge in [-0.05, 0) is 91.5 Å². The lowest BCUT2D eigenvalue weighted by Crippen LogP contribution is -2.41. The van der Waals surface area contributed by atoms with Gasteiger partial charge in [0.05, 0.1) is 17.0 Å². The van der Waals surface area contributed by atoms with E-state index in [1.165, 1.54) is 23.2 Å². The normalized spacial score (nSPS) is 21.3. The number of fused-ring (bicyclic) bond motifs is 1. The van der Waals surface area contributed by atoms with Crippen molar-refractivity contribution in [1.29, 1.82) is 0 Å². The van der Waals surface area contributed by atoms with Gasteiger partial charge in [0.1, 0.15) is 18.2 Å². The average Bonchev–Trinajstić information content (AvgIpc) is 3.52. The van der Waals surface area contributed by atoms with E-state index in [0.29, 0.717) is 33.8 Å². The number of thiophene rings is 1. The number of carbonyl (C=O) groups excluding carboxylic acids is 1. The number of aryl methyl sites for hydroxylation is 1. The Balaban J connectivity index is 1.29. The average molecular weight is 598 g/mol. The van der Waals surface area contributed by atoms with Gasteiger partial charge >= 0.3 is 0 Å². The third-order valence-electron chi connectivity index (χ3n) is 8.83. The molecule has 0 saturated heterocycles. The molecule has 3 aromatic rings. The minimum atomic E-state index is -1.77. The van der Waals surface area contributed by atoms with E-state index < -0.39 is 8.32 Å². The molecule has 3 atom stereocenters. The molecular weight excluding hydrogens is 558 g/mol. The molecule has 0 unspecified atom stereocenters. The van der Waals surface area contributed by atoms with Crippen molar-refractivity contribution >= 4 is 42.9 Å². The molecule has 1 saturated carbocycles. The Morgan fingerprint density at radius 3 is 2.80 bits per heavy atom. The lowest BCUT2D eigenvalue weighted by Gasteiger charge is -2.37. The Labute approximate surface area is 248 Å². The number of rotatable bonds is 8. The monoisotopic (exact) mass is 597 g/mol.